The van der Waals surface area contributed by atoms with E-state index in [0.717, 1.165) is 0 Å². The van der Waals surface area contributed by atoms with E-state index in [9.17, 15) is 9.18 Å². The van der Waals surface area contributed by atoms with Crippen LogP contribution in [0.15, 0.2) is 36.5 Å². The largest absolute Gasteiger partial charge is 0.323 e. The fourth-order valence-electron chi connectivity index (χ4n) is 1.38. The lowest BCUT2D eigenvalue weighted by Crippen LogP contribution is -2.14. The summed E-state index contributed by atoms with van der Waals surface area (Å²) in [6.45, 7) is 0. The monoisotopic (exact) mass is 280 g/mol. The topological polar surface area (TPSA) is 80.0 Å². The minimum atomic E-state index is -0.545. The number of amides is 1. The van der Waals surface area contributed by atoms with Crippen molar-refractivity contribution in [3.05, 3.63) is 53.1 Å². The van der Waals surface area contributed by atoms with Crippen molar-refractivity contribution in [3.8, 4) is 0 Å². The summed E-state index contributed by atoms with van der Waals surface area (Å²) in [6.07, 6.45) is 1.42. The number of rotatable bonds is 3. The van der Waals surface area contributed by atoms with Crippen LogP contribution in [0.2, 0.25) is 5.02 Å². The number of hydrazine groups is 1. The molecule has 0 saturated heterocycles. The first kappa shape index (κ1) is 13.3. The molecule has 0 atom stereocenters. The highest BCUT2D eigenvalue weighted by Crippen LogP contribution is 2.19. The van der Waals surface area contributed by atoms with Crippen molar-refractivity contribution in [1.82, 2.24) is 4.98 Å². The number of carbonyl (C=O) groups excluding carboxylic acids is 1. The maximum Gasteiger partial charge on any atom is 0.274 e. The molecule has 0 saturated carbocycles. The summed E-state index contributed by atoms with van der Waals surface area (Å²) < 4.78 is 13.0. The first-order valence-corrected chi connectivity index (χ1v) is 5.67. The molecule has 0 aliphatic heterocycles. The van der Waals surface area contributed by atoms with E-state index in [2.05, 4.69) is 15.7 Å². The molecular formula is C12H10ClFN4O. The lowest BCUT2D eigenvalue weighted by atomic mass is 10.2. The summed E-state index contributed by atoms with van der Waals surface area (Å²) in [6, 6.07) is 7.03. The number of nitrogens with two attached hydrogens (primary N) is 1. The first-order chi connectivity index (χ1) is 9.10. The third-order valence-corrected chi connectivity index (χ3v) is 2.63. The lowest BCUT2D eigenvalue weighted by molar-refractivity contribution is 0.102. The number of halogens is 2. The predicted octanol–water partition coefficient (Wildman–Crippen LogP) is 2.41. The molecule has 98 valence electrons. The summed E-state index contributed by atoms with van der Waals surface area (Å²) in [7, 11) is 0. The average Bonchev–Trinajstić information content (AvgIpc) is 2.43. The molecule has 19 heavy (non-hydrogen) atoms. The lowest BCUT2D eigenvalue weighted by Gasteiger charge is -2.06. The van der Waals surface area contributed by atoms with Crippen LogP contribution >= 0.6 is 11.6 Å². The predicted molar refractivity (Wildman–Crippen MR) is 71.4 cm³/mol. The summed E-state index contributed by atoms with van der Waals surface area (Å²) in [5.74, 6) is 4.22. The van der Waals surface area contributed by atoms with Crippen LogP contribution in [0.25, 0.3) is 0 Å². The van der Waals surface area contributed by atoms with Gasteiger partial charge in [0.15, 0.2) is 0 Å². The van der Waals surface area contributed by atoms with E-state index in [1.54, 1.807) is 6.07 Å². The van der Waals surface area contributed by atoms with Gasteiger partial charge in [-0.05, 0) is 30.3 Å². The zero-order valence-corrected chi connectivity index (χ0v) is 10.4. The Balaban J connectivity index is 2.13. The van der Waals surface area contributed by atoms with Crippen molar-refractivity contribution in [2.24, 2.45) is 5.84 Å². The number of pyridine rings is 1. The third kappa shape index (κ3) is 3.18. The molecule has 2 aromatic rings. The number of aromatic nitrogens is 1. The maximum atomic E-state index is 13.0. The number of nitrogens with one attached hydrogen (secondary N) is 2. The van der Waals surface area contributed by atoms with Crippen molar-refractivity contribution in [2.75, 3.05) is 10.7 Å². The van der Waals surface area contributed by atoms with Gasteiger partial charge < -0.3 is 10.7 Å². The molecule has 2 rings (SSSR count). The normalized spacial score (nSPS) is 10.1. The minimum Gasteiger partial charge on any atom is -0.323 e. The van der Waals surface area contributed by atoms with Crippen LogP contribution in [-0.2, 0) is 0 Å². The molecule has 1 heterocycles. The van der Waals surface area contributed by atoms with Gasteiger partial charge in [0.2, 0.25) is 0 Å². The Morgan fingerprint density at radius 2 is 2.00 bits per heavy atom. The van der Waals surface area contributed by atoms with Crippen LogP contribution in [-0.4, -0.2) is 10.9 Å². The fraction of sp³-hybridized carbons (Fsp3) is 0. The Morgan fingerprint density at radius 3 is 2.58 bits per heavy atom. The van der Waals surface area contributed by atoms with E-state index in [4.69, 9.17) is 17.4 Å². The highest BCUT2D eigenvalue weighted by Gasteiger charge is 2.09. The van der Waals surface area contributed by atoms with Gasteiger partial charge in [-0.1, -0.05) is 11.6 Å². The number of hydrogen-bond donors (Lipinski definition) is 3. The summed E-state index contributed by atoms with van der Waals surface area (Å²) in [5, 5.41) is 2.50. The standard InChI is InChI=1S/C12H10ClFN4O/c13-9-5-7(1-3-10(9)14)17-12(19)11-4-2-8(18-15)6-16-11/h1-6,18H,15H2,(H,17,19). The molecule has 5 nitrogen and oxygen atoms in total. The van der Waals surface area contributed by atoms with E-state index in [0.29, 0.717) is 11.4 Å². The number of anilines is 2. The second kappa shape index (κ2) is 5.64. The Hall–Kier alpha value is -2.18. The molecule has 0 aliphatic carbocycles. The molecule has 0 unspecified atom stereocenters. The zero-order chi connectivity index (χ0) is 13.8. The van der Waals surface area contributed by atoms with E-state index >= 15 is 0 Å². The second-order valence-corrected chi connectivity index (χ2v) is 4.07. The fourth-order valence-corrected chi connectivity index (χ4v) is 1.56. The van der Waals surface area contributed by atoms with Gasteiger partial charge in [0, 0.05) is 5.69 Å². The number of carbonyl (C=O) groups is 1. The molecule has 0 radical (unpaired) electrons. The van der Waals surface area contributed by atoms with Gasteiger partial charge in [0.25, 0.3) is 5.91 Å². The molecule has 7 heteroatoms. The van der Waals surface area contributed by atoms with Crippen LogP contribution in [0.3, 0.4) is 0 Å². The van der Waals surface area contributed by atoms with Gasteiger partial charge in [0.1, 0.15) is 11.5 Å². The number of nitrogen functional groups attached to an aromatic ring is 1. The smallest absolute Gasteiger partial charge is 0.274 e. The van der Waals surface area contributed by atoms with E-state index in [1.165, 1.54) is 30.5 Å². The van der Waals surface area contributed by atoms with Gasteiger partial charge in [-0.3, -0.25) is 10.6 Å². The summed E-state index contributed by atoms with van der Waals surface area (Å²) in [5.41, 5.74) is 3.58. The number of benzene rings is 1. The Kier molecular flexibility index (Phi) is 3.94. The number of hydrogen-bond acceptors (Lipinski definition) is 4. The number of nitrogens with zero attached hydrogens (tertiary/aromatic N) is 1. The van der Waals surface area contributed by atoms with Crippen LogP contribution in [0.1, 0.15) is 10.5 Å². The summed E-state index contributed by atoms with van der Waals surface area (Å²) >= 11 is 5.62. The van der Waals surface area contributed by atoms with E-state index < -0.39 is 11.7 Å². The molecule has 4 N–H and O–H groups in total. The molecule has 0 bridgehead atoms. The SMILES string of the molecule is NNc1ccc(C(=O)Nc2ccc(F)c(Cl)c2)nc1. The van der Waals surface area contributed by atoms with Gasteiger partial charge in [-0.25, -0.2) is 9.37 Å². The van der Waals surface area contributed by atoms with E-state index in [1.807, 2.05) is 0 Å². The van der Waals surface area contributed by atoms with Crippen molar-refractivity contribution in [3.63, 3.8) is 0 Å². The van der Waals surface area contributed by atoms with Gasteiger partial charge in [0.05, 0.1) is 16.9 Å². The Labute approximate surface area is 113 Å². The molecule has 0 aliphatic rings. The van der Waals surface area contributed by atoms with Crippen molar-refractivity contribution < 1.29 is 9.18 Å². The minimum absolute atomic E-state index is 0.0616. The Bertz CT molecular complexity index is 603. The third-order valence-electron chi connectivity index (χ3n) is 2.34. The van der Waals surface area contributed by atoms with Crippen molar-refractivity contribution >= 4 is 28.9 Å². The molecular weight excluding hydrogens is 271 g/mol. The molecule has 1 aromatic carbocycles. The highest BCUT2D eigenvalue weighted by molar-refractivity contribution is 6.31. The van der Waals surface area contributed by atoms with Crippen molar-refractivity contribution in [1.29, 1.82) is 0 Å². The molecule has 0 fully saturated rings. The molecule has 1 amide bonds. The van der Waals surface area contributed by atoms with Crippen LogP contribution < -0.4 is 16.6 Å². The highest BCUT2D eigenvalue weighted by atomic mass is 35.5. The van der Waals surface area contributed by atoms with Crippen LogP contribution in [0.4, 0.5) is 15.8 Å². The average molecular weight is 281 g/mol. The second-order valence-electron chi connectivity index (χ2n) is 3.66. The van der Waals surface area contributed by atoms with Crippen LogP contribution in [0, 0.1) is 5.82 Å². The van der Waals surface area contributed by atoms with Gasteiger partial charge in [-0.2, -0.15) is 0 Å². The van der Waals surface area contributed by atoms with Gasteiger partial charge in [-0.15, -0.1) is 0 Å². The van der Waals surface area contributed by atoms with E-state index in [-0.39, 0.29) is 10.7 Å². The summed E-state index contributed by atoms with van der Waals surface area (Å²) in [4.78, 5) is 15.8. The van der Waals surface area contributed by atoms with Gasteiger partial charge >= 0.3 is 0 Å². The Morgan fingerprint density at radius 1 is 1.26 bits per heavy atom. The molecule has 0 spiro atoms. The molecule has 1 aromatic heterocycles. The van der Waals surface area contributed by atoms with Crippen LogP contribution in [0.5, 0.6) is 0 Å². The first-order valence-electron chi connectivity index (χ1n) is 5.29. The maximum absolute atomic E-state index is 13.0. The quantitative estimate of drug-likeness (QED) is 0.596. The zero-order valence-electron chi connectivity index (χ0n) is 9.65. The van der Waals surface area contributed by atoms with Crippen molar-refractivity contribution in [2.45, 2.75) is 0 Å².